The first-order chi connectivity index (χ1) is 10.1. The Bertz CT molecular complexity index is 686. The summed E-state index contributed by atoms with van der Waals surface area (Å²) in [5.41, 5.74) is 1.02. The second-order valence-electron chi connectivity index (χ2n) is 5.11. The lowest BCUT2D eigenvalue weighted by Crippen LogP contribution is -2.21. The molecule has 0 bridgehead atoms. The van der Waals surface area contributed by atoms with Crippen LogP contribution in [0.4, 0.5) is 0 Å². The van der Waals surface area contributed by atoms with Gasteiger partial charge in [0.25, 0.3) is 0 Å². The van der Waals surface area contributed by atoms with Crippen molar-refractivity contribution in [1.29, 1.82) is 0 Å². The SMILES string of the molecule is Cc1oc(-c2cccs2)nc1CN(C)C(C)c1cccs1. The molecule has 0 radical (unpaired) electrons. The van der Waals surface area contributed by atoms with Gasteiger partial charge in [-0.3, -0.25) is 4.90 Å². The van der Waals surface area contributed by atoms with E-state index in [1.165, 1.54) is 4.88 Å². The summed E-state index contributed by atoms with van der Waals surface area (Å²) >= 11 is 3.45. The zero-order valence-electron chi connectivity index (χ0n) is 12.4. The fourth-order valence-electron chi connectivity index (χ4n) is 2.20. The van der Waals surface area contributed by atoms with Gasteiger partial charge in [-0.25, -0.2) is 4.98 Å². The minimum Gasteiger partial charge on any atom is -0.440 e. The molecular formula is C16H18N2OS2. The van der Waals surface area contributed by atoms with Crippen molar-refractivity contribution in [3.05, 3.63) is 51.4 Å². The molecule has 3 aromatic rings. The standard InChI is InChI=1S/C16H18N2OS2/c1-11(14-6-4-8-20-14)18(3)10-13-12(2)19-16(17-13)15-7-5-9-21-15/h4-9,11H,10H2,1-3H3. The molecule has 0 N–H and O–H groups in total. The van der Waals surface area contributed by atoms with Crippen LogP contribution < -0.4 is 0 Å². The van der Waals surface area contributed by atoms with E-state index in [4.69, 9.17) is 4.42 Å². The molecule has 0 aromatic carbocycles. The topological polar surface area (TPSA) is 29.3 Å². The third-order valence-electron chi connectivity index (χ3n) is 3.64. The van der Waals surface area contributed by atoms with E-state index in [2.05, 4.69) is 41.4 Å². The van der Waals surface area contributed by atoms with Gasteiger partial charge >= 0.3 is 0 Å². The number of rotatable bonds is 5. The van der Waals surface area contributed by atoms with E-state index < -0.39 is 0 Å². The largest absolute Gasteiger partial charge is 0.440 e. The average molecular weight is 318 g/mol. The highest BCUT2D eigenvalue weighted by atomic mass is 32.1. The van der Waals surface area contributed by atoms with Crippen molar-refractivity contribution < 1.29 is 4.42 Å². The van der Waals surface area contributed by atoms with Crippen molar-refractivity contribution in [3.63, 3.8) is 0 Å². The minimum atomic E-state index is 0.381. The van der Waals surface area contributed by atoms with Gasteiger partial charge in [-0.15, -0.1) is 22.7 Å². The van der Waals surface area contributed by atoms with Crippen LogP contribution in [0.2, 0.25) is 0 Å². The van der Waals surface area contributed by atoms with Gasteiger partial charge in [-0.1, -0.05) is 12.1 Å². The average Bonchev–Trinajstić information content (AvgIpc) is 3.20. The molecule has 0 spiro atoms. The van der Waals surface area contributed by atoms with E-state index in [0.717, 1.165) is 28.8 Å². The molecule has 3 nitrogen and oxygen atoms in total. The Balaban J connectivity index is 1.76. The number of aryl methyl sites for hydroxylation is 1. The summed E-state index contributed by atoms with van der Waals surface area (Å²) in [5, 5.41) is 4.16. The summed E-state index contributed by atoms with van der Waals surface area (Å²) in [6, 6.07) is 8.72. The Kier molecular flexibility index (Phi) is 4.24. The zero-order chi connectivity index (χ0) is 14.8. The predicted molar refractivity (Wildman–Crippen MR) is 88.8 cm³/mol. The molecule has 0 aliphatic rings. The molecule has 1 unspecified atom stereocenters. The van der Waals surface area contributed by atoms with E-state index in [9.17, 15) is 0 Å². The van der Waals surface area contributed by atoms with Crippen molar-refractivity contribution >= 4 is 22.7 Å². The lowest BCUT2D eigenvalue weighted by molar-refractivity contribution is 0.252. The van der Waals surface area contributed by atoms with Crippen LogP contribution in [0.5, 0.6) is 0 Å². The van der Waals surface area contributed by atoms with Gasteiger partial charge in [0.05, 0.1) is 10.6 Å². The van der Waals surface area contributed by atoms with Crippen LogP contribution in [-0.4, -0.2) is 16.9 Å². The number of oxazole rings is 1. The molecule has 0 saturated carbocycles. The molecule has 0 fully saturated rings. The number of aromatic nitrogens is 1. The highest BCUT2D eigenvalue weighted by Gasteiger charge is 2.18. The Morgan fingerprint density at radius 2 is 2.00 bits per heavy atom. The lowest BCUT2D eigenvalue weighted by Gasteiger charge is -2.22. The Morgan fingerprint density at radius 1 is 1.24 bits per heavy atom. The number of nitrogens with zero attached hydrogens (tertiary/aromatic N) is 2. The first-order valence-electron chi connectivity index (χ1n) is 6.89. The highest BCUT2D eigenvalue weighted by Crippen LogP contribution is 2.28. The second kappa shape index (κ2) is 6.13. The molecule has 0 aliphatic heterocycles. The summed E-state index contributed by atoms with van der Waals surface area (Å²) in [6.07, 6.45) is 0. The summed E-state index contributed by atoms with van der Waals surface area (Å²) in [5.74, 6) is 1.64. The van der Waals surface area contributed by atoms with E-state index in [-0.39, 0.29) is 0 Å². The van der Waals surface area contributed by atoms with Gasteiger partial charge < -0.3 is 4.42 Å². The van der Waals surface area contributed by atoms with Crippen molar-refractivity contribution in [3.8, 4) is 10.8 Å². The van der Waals surface area contributed by atoms with Crippen molar-refractivity contribution in [1.82, 2.24) is 9.88 Å². The molecule has 0 saturated heterocycles. The molecule has 3 heterocycles. The summed E-state index contributed by atoms with van der Waals surface area (Å²) in [7, 11) is 2.13. The fraction of sp³-hybridized carbons (Fsp3) is 0.312. The molecule has 21 heavy (non-hydrogen) atoms. The van der Waals surface area contributed by atoms with Gasteiger partial charge in [-0.05, 0) is 43.8 Å². The Labute approximate surface area is 132 Å². The smallest absolute Gasteiger partial charge is 0.236 e. The monoisotopic (exact) mass is 318 g/mol. The maximum atomic E-state index is 5.81. The molecule has 0 aliphatic carbocycles. The number of hydrogen-bond donors (Lipinski definition) is 0. The first kappa shape index (κ1) is 14.5. The van der Waals surface area contributed by atoms with Crippen LogP contribution in [0.1, 0.15) is 29.3 Å². The van der Waals surface area contributed by atoms with E-state index in [1.54, 1.807) is 22.7 Å². The van der Waals surface area contributed by atoms with Gasteiger partial charge in [0.2, 0.25) is 5.89 Å². The number of thiophene rings is 2. The van der Waals surface area contributed by atoms with Gasteiger partial charge in [0.1, 0.15) is 5.76 Å². The first-order valence-corrected chi connectivity index (χ1v) is 8.65. The maximum Gasteiger partial charge on any atom is 0.236 e. The third kappa shape index (κ3) is 3.10. The van der Waals surface area contributed by atoms with Crippen LogP contribution in [0.15, 0.2) is 39.4 Å². The maximum absolute atomic E-state index is 5.81. The lowest BCUT2D eigenvalue weighted by atomic mass is 10.2. The van der Waals surface area contributed by atoms with Crippen molar-refractivity contribution in [2.75, 3.05) is 7.05 Å². The predicted octanol–water partition coefficient (Wildman–Crippen LogP) is 4.97. The van der Waals surface area contributed by atoms with Crippen LogP contribution in [-0.2, 0) is 6.54 Å². The van der Waals surface area contributed by atoms with E-state index in [1.807, 2.05) is 24.4 Å². The van der Waals surface area contributed by atoms with Crippen LogP contribution in [0.25, 0.3) is 10.8 Å². The normalized spacial score (nSPS) is 13.0. The molecule has 1 atom stereocenters. The van der Waals surface area contributed by atoms with Crippen LogP contribution in [0.3, 0.4) is 0 Å². The molecular weight excluding hydrogens is 300 g/mol. The van der Waals surface area contributed by atoms with Gasteiger partial charge in [-0.2, -0.15) is 0 Å². The highest BCUT2D eigenvalue weighted by molar-refractivity contribution is 7.13. The number of hydrogen-bond acceptors (Lipinski definition) is 5. The van der Waals surface area contributed by atoms with E-state index in [0.29, 0.717) is 6.04 Å². The fourth-order valence-corrected chi connectivity index (χ4v) is 3.70. The Hall–Kier alpha value is -1.43. The van der Waals surface area contributed by atoms with E-state index >= 15 is 0 Å². The van der Waals surface area contributed by atoms with Crippen LogP contribution in [0, 0.1) is 6.92 Å². The molecule has 0 amide bonds. The molecule has 3 rings (SSSR count). The van der Waals surface area contributed by atoms with Crippen molar-refractivity contribution in [2.24, 2.45) is 0 Å². The van der Waals surface area contributed by atoms with Crippen LogP contribution >= 0.6 is 22.7 Å². The zero-order valence-corrected chi connectivity index (χ0v) is 14.0. The summed E-state index contributed by atoms with van der Waals surface area (Å²) < 4.78 is 5.81. The molecule has 5 heteroatoms. The Morgan fingerprint density at radius 3 is 2.67 bits per heavy atom. The third-order valence-corrected chi connectivity index (χ3v) is 5.54. The van der Waals surface area contributed by atoms with Gasteiger partial charge in [0, 0.05) is 17.5 Å². The molecule has 3 aromatic heterocycles. The minimum absolute atomic E-state index is 0.381. The summed E-state index contributed by atoms with van der Waals surface area (Å²) in [6.45, 7) is 5.00. The molecule has 110 valence electrons. The van der Waals surface area contributed by atoms with Gasteiger partial charge in [0.15, 0.2) is 0 Å². The summed E-state index contributed by atoms with van der Waals surface area (Å²) in [4.78, 5) is 9.42. The quantitative estimate of drug-likeness (QED) is 0.665. The second-order valence-corrected chi connectivity index (χ2v) is 7.03. The van der Waals surface area contributed by atoms with Crippen molar-refractivity contribution in [2.45, 2.75) is 26.4 Å².